The van der Waals surface area contributed by atoms with E-state index in [9.17, 15) is 32.3 Å². The van der Waals surface area contributed by atoms with E-state index in [0.29, 0.717) is 31.6 Å². The van der Waals surface area contributed by atoms with Crippen LogP contribution in [0.25, 0.3) is 11.0 Å². The summed E-state index contributed by atoms with van der Waals surface area (Å²) < 4.78 is 64.5. The summed E-state index contributed by atoms with van der Waals surface area (Å²) in [5.74, 6) is -3.17. The molecule has 1 saturated heterocycles. The average molecular weight is 697 g/mol. The number of benzene rings is 3. The number of aliphatic carboxylic acids is 1. The highest BCUT2D eigenvalue weighted by molar-refractivity contribution is 8.16. The van der Waals surface area contributed by atoms with Crippen LogP contribution in [0.1, 0.15) is 49.1 Å². The normalized spacial score (nSPS) is 26.7. The maximum atomic E-state index is 14.8. The number of rotatable bonds is 7. The number of amides is 1. The van der Waals surface area contributed by atoms with Crippen LogP contribution in [0.5, 0.6) is 0 Å². The highest BCUT2D eigenvalue weighted by Gasteiger charge is 2.84. The van der Waals surface area contributed by atoms with Crippen molar-refractivity contribution in [3.05, 3.63) is 83.4 Å². The van der Waals surface area contributed by atoms with Crippen LogP contribution in [-0.4, -0.2) is 51.7 Å². The number of carboxylic acid groups (broad SMARTS) is 1. The number of nitrogens with one attached hydrogen (secondary N) is 1. The van der Waals surface area contributed by atoms with Crippen LogP contribution in [0.4, 0.5) is 28.9 Å². The zero-order valence-electron chi connectivity index (χ0n) is 27.3. The molecule has 0 bridgehead atoms. The summed E-state index contributed by atoms with van der Waals surface area (Å²) in [5.41, 5.74) is -0.887. The quantitative estimate of drug-likeness (QED) is 0.153. The maximum absolute atomic E-state index is 14.8. The maximum Gasteiger partial charge on any atom is 0.416 e. The van der Waals surface area contributed by atoms with E-state index in [1.807, 2.05) is 52.2 Å². The minimum Gasteiger partial charge on any atom is -0.481 e. The summed E-state index contributed by atoms with van der Waals surface area (Å²) in [7, 11) is 3.57. The fraction of sp³-hybridized carbons (Fsp3) is 0.389. The predicted octanol–water partition coefficient (Wildman–Crippen LogP) is 7.53. The molecule has 3 unspecified atom stereocenters. The van der Waals surface area contributed by atoms with Crippen LogP contribution in [0.2, 0.25) is 0 Å². The van der Waals surface area contributed by atoms with Gasteiger partial charge in [-0.1, -0.05) is 22.8 Å². The van der Waals surface area contributed by atoms with Crippen molar-refractivity contribution < 1.29 is 37.0 Å². The number of anilines is 2. The molecule has 258 valence electrons. The first-order chi connectivity index (χ1) is 23.2. The van der Waals surface area contributed by atoms with E-state index in [1.165, 1.54) is 0 Å². The van der Waals surface area contributed by atoms with Crippen molar-refractivity contribution in [3.8, 4) is 0 Å². The molecule has 3 fully saturated rings. The molecule has 13 heteroatoms. The van der Waals surface area contributed by atoms with Gasteiger partial charge in [-0.2, -0.15) is 13.2 Å². The van der Waals surface area contributed by atoms with E-state index >= 15 is 0 Å². The summed E-state index contributed by atoms with van der Waals surface area (Å²) in [6.07, 6.45) is -4.28. The number of aromatic nitrogens is 2. The number of hydrogen-bond donors (Lipinski definition) is 2. The Labute approximate surface area is 283 Å². The molecular weight excluding hydrogens is 660 g/mol. The third kappa shape index (κ3) is 5.07. The van der Waals surface area contributed by atoms with Crippen LogP contribution >= 0.6 is 10.7 Å². The highest BCUT2D eigenvalue weighted by atomic mass is 32.2. The molecule has 1 aromatic heterocycles. The van der Waals surface area contributed by atoms with Crippen LogP contribution in [0.3, 0.4) is 0 Å². The number of carboxylic acids is 1. The van der Waals surface area contributed by atoms with E-state index < -0.39 is 74.6 Å². The SMILES string of the molecule is C/C=S(/c1ccc2c(c1)nc(C)n2C)N(C)c1ccc([C@H]2CC3OCCC3[C@]3(C(=O)Nc4ccc(C(F)(F)F)cc4F)C[C@]23C(=O)O)cc1. The molecule has 0 spiro atoms. The fourth-order valence-electron chi connectivity index (χ4n) is 8.40. The van der Waals surface area contributed by atoms with Crippen molar-refractivity contribution in [2.75, 3.05) is 23.3 Å². The lowest BCUT2D eigenvalue weighted by Gasteiger charge is -2.41. The standard InChI is InChI=1S/C36H36F4N4O4S/c1-5-49(24-11-13-30-29(17-24)41-20(2)43(30)3)44(4)23-9-6-21(7-10-23)26-18-31-25(14-15-48-31)34(19-35(26,34)33(46)47)32(45)42-28-12-8-22(16-27(28)37)36(38,39)40/h5-13,16-17,25-26,31H,14-15,18-19H2,1-4H3,(H,42,45)(H,46,47)/t25?,26-,31?,34+,35-,49?/m1/s1. The van der Waals surface area contributed by atoms with Gasteiger partial charge in [-0.25, -0.2) is 9.37 Å². The molecule has 1 aliphatic heterocycles. The van der Waals surface area contributed by atoms with Crippen LogP contribution in [0, 0.1) is 29.5 Å². The molecule has 2 aliphatic carbocycles. The summed E-state index contributed by atoms with van der Waals surface area (Å²) in [6, 6.07) is 15.8. The van der Waals surface area contributed by atoms with Gasteiger partial charge in [0, 0.05) is 43.1 Å². The first-order valence-corrected chi connectivity index (χ1v) is 17.3. The molecule has 7 rings (SSSR count). The average Bonchev–Trinajstić information content (AvgIpc) is 3.45. The van der Waals surface area contributed by atoms with E-state index in [2.05, 4.69) is 42.7 Å². The largest absolute Gasteiger partial charge is 0.481 e. The zero-order valence-corrected chi connectivity index (χ0v) is 28.2. The van der Waals surface area contributed by atoms with Gasteiger partial charge >= 0.3 is 12.1 Å². The monoisotopic (exact) mass is 696 g/mol. The minimum absolute atomic E-state index is 0.0178. The molecule has 8 nitrogen and oxygen atoms in total. The first-order valence-electron chi connectivity index (χ1n) is 16.1. The van der Waals surface area contributed by atoms with Gasteiger partial charge in [-0.05, 0) is 92.6 Å². The van der Waals surface area contributed by atoms with Crippen LogP contribution < -0.4 is 9.62 Å². The summed E-state index contributed by atoms with van der Waals surface area (Å²) >= 11 is 0. The van der Waals surface area contributed by atoms with Crippen molar-refractivity contribution in [2.45, 2.75) is 56.2 Å². The lowest BCUT2D eigenvalue weighted by atomic mass is 9.62. The molecule has 2 heterocycles. The van der Waals surface area contributed by atoms with Crippen molar-refractivity contribution in [1.82, 2.24) is 9.55 Å². The van der Waals surface area contributed by atoms with Gasteiger partial charge in [-0.15, -0.1) is 0 Å². The Hall–Kier alpha value is -4.23. The Morgan fingerprint density at radius 1 is 1.12 bits per heavy atom. The van der Waals surface area contributed by atoms with E-state index in [0.717, 1.165) is 39.1 Å². The van der Waals surface area contributed by atoms with Crippen molar-refractivity contribution in [2.24, 2.45) is 23.8 Å². The Morgan fingerprint density at radius 2 is 1.86 bits per heavy atom. The number of halogens is 4. The number of carbonyl (C=O) groups is 2. The topological polar surface area (TPSA) is 96.7 Å². The van der Waals surface area contributed by atoms with Crippen molar-refractivity contribution >= 4 is 50.3 Å². The third-order valence-corrected chi connectivity index (χ3v) is 12.9. The molecule has 6 atom stereocenters. The summed E-state index contributed by atoms with van der Waals surface area (Å²) in [5, 5.41) is 15.4. The smallest absolute Gasteiger partial charge is 0.416 e. The van der Waals surface area contributed by atoms with Crippen LogP contribution in [0.15, 0.2) is 65.6 Å². The third-order valence-electron chi connectivity index (χ3n) is 11.0. The highest BCUT2D eigenvalue weighted by Crippen LogP contribution is 2.79. The van der Waals surface area contributed by atoms with Gasteiger partial charge in [0.2, 0.25) is 5.91 Å². The van der Waals surface area contributed by atoms with Gasteiger partial charge in [0.25, 0.3) is 0 Å². The molecule has 1 amide bonds. The van der Waals surface area contributed by atoms with Crippen molar-refractivity contribution in [3.63, 3.8) is 0 Å². The van der Waals surface area contributed by atoms with E-state index in [1.54, 1.807) is 0 Å². The molecular formula is C36H36F4N4O4S. The van der Waals surface area contributed by atoms with Gasteiger partial charge in [0.15, 0.2) is 0 Å². The molecule has 4 aromatic rings. The molecule has 2 saturated carbocycles. The first kappa shape index (κ1) is 33.3. The van der Waals surface area contributed by atoms with Gasteiger partial charge in [0.05, 0.1) is 39.2 Å². The Bertz CT molecular complexity index is 2030. The van der Waals surface area contributed by atoms with Crippen molar-refractivity contribution in [1.29, 1.82) is 0 Å². The van der Waals surface area contributed by atoms with Crippen LogP contribution in [-0.2, 0) is 27.5 Å². The zero-order chi connectivity index (χ0) is 35.0. The summed E-state index contributed by atoms with van der Waals surface area (Å²) in [4.78, 5) is 33.0. The number of aryl methyl sites for hydroxylation is 2. The molecule has 3 aliphatic rings. The number of fused-ring (bicyclic) bond motifs is 4. The number of alkyl halides is 3. The Morgan fingerprint density at radius 3 is 2.51 bits per heavy atom. The number of carbonyl (C=O) groups excluding carboxylic acids is 1. The van der Waals surface area contributed by atoms with Gasteiger partial charge in [0.1, 0.15) is 11.6 Å². The molecule has 49 heavy (non-hydrogen) atoms. The molecule has 0 radical (unpaired) electrons. The number of nitrogens with zero attached hydrogens (tertiary/aromatic N) is 3. The second-order valence-corrected chi connectivity index (χ2v) is 15.3. The molecule has 2 N–H and O–H groups in total. The Kier molecular flexibility index (Phi) is 7.94. The lowest BCUT2D eigenvalue weighted by molar-refractivity contribution is -0.153. The summed E-state index contributed by atoms with van der Waals surface area (Å²) in [6.45, 7) is 4.33. The predicted molar refractivity (Wildman–Crippen MR) is 180 cm³/mol. The minimum atomic E-state index is -4.75. The van der Waals surface area contributed by atoms with Gasteiger partial charge < -0.3 is 24.0 Å². The van der Waals surface area contributed by atoms with Gasteiger partial charge in [-0.3, -0.25) is 9.59 Å². The van der Waals surface area contributed by atoms with E-state index in [4.69, 9.17) is 4.74 Å². The second-order valence-electron chi connectivity index (χ2n) is 13.2. The Balaban J connectivity index is 1.18. The second kappa shape index (κ2) is 11.7. The fourth-order valence-corrected chi connectivity index (χ4v) is 10.1. The lowest BCUT2D eigenvalue weighted by Crippen LogP contribution is -2.49. The number of imidazole rings is 1. The molecule has 3 aromatic carbocycles. The number of ether oxygens (including phenoxy) is 1. The van der Waals surface area contributed by atoms with E-state index in [-0.39, 0.29) is 6.42 Å². The number of hydrogen-bond acceptors (Lipinski definition) is 5.